The van der Waals surface area contributed by atoms with E-state index in [4.69, 9.17) is 16.7 Å². The minimum absolute atomic E-state index is 0.101. The van der Waals surface area contributed by atoms with Gasteiger partial charge in [0, 0.05) is 33.6 Å². The number of nitrogens with zero attached hydrogens (tertiary/aromatic N) is 4. The zero-order valence-electron chi connectivity index (χ0n) is 17.6. The molecular weight excluding hydrogens is 394 g/mol. The van der Waals surface area contributed by atoms with Gasteiger partial charge in [-0.05, 0) is 86.7 Å². The number of nitrogens with one attached hydrogen (secondary N) is 1. The molecule has 0 fully saturated rings. The fourth-order valence-electron chi connectivity index (χ4n) is 4.53. The molecule has 0 bridgehead atoms. The first-order valence-corrected chi connectivity index (χ1v) is 10.6. The molecule has 1 atom stereocenters. The predicted molar refractivity (Wildman–Crippen MR) is 122 cm³/mol. The number of aromatic nitrogens is 4. The quantitative estimate of drug-likeness (QED) is 0.427. The van der Waals surface area contributed by atoms with Crippen molar-refractivity contribution in [1.29, 1.82) is 0 Å². The van der Waals surface area contributed by atoms with E-state index in [1.807, 2.05) is 34.8 Å². The molecule has 0 saturated carbocycles. The van der Waals surface area contributed by atoms with Crippen LogP contribution in [0.5, 0.6) is 0 Å². The normalized spacial score (nSPS) is 17.6. The second kappa shape index (κ2) is 6.81. The van der Waals surface area contributed by atoms with E-state index in [0.717, 1.165) is 23.2 Å². The summed E-state index contributed by atoms with van der Waals surface area (Å²) in [6, 6.07) is 14.1. The molecule has 5 nitrogen and oxygen atoms in total. The molecule has 0 spiro atoms. The van der Waals surface area contributed by atoms with Crippen LogP contribution in [0.15, 0.2) is 48.7 Å². The van der Waals surface area contributed by atoms with E-state index in [1.54, 1.807) is 6.20 Å². The maximum absolute atomic E-state index is 6.02. The van der Waals surface area contributed by atoms with Gasteiger partial charge in [-0.3, -0.25) is 0 Å². The highest BCUT2D eigenvalue weighted by Crippen LogP contribution is 2.41. The Balaban J connectivity index is 1.65. The molecule has 1 N–H and O–H groups in total. The highest BCUT2D eigenvalue weighted by molar-refractivity contribution is 6.30. The van der Waals surface area contributed by atoms with E-state index >= 15 is 0 Å². The van der Waals surface area contributed by atoms with Gasteiger partial charge in [0.25, 0.3) is 5.78 Å². The average Bonchev–Trinajstić information content (AvgIpc) is 3.11. The number of hydrogen-bond donors (Lipinski definition) is 1. The van der Waals surface area contributed by atoms with Crippen molar-refractivity contribution in [2.24, 2.45) is 0 Å². The Kier molecular flexibility index (Phi) is 4.33. The lowest BCUT2D eigenvalue weighted by molar-refractivity contribution is 0.454. The van der Waals surface area contributed by atoms with Gasteiger partial charge in [-0.1, -0.05) is 18.5 Å². The zero-order valence-corrected chi connectivity index (χ0v) is 18.3. The van der Waals surface area contributed by atoms with Crippen LogP contribution in [-0.2, 0) is 0 Å². The van der Waals surface area contributed by atoms with Crippen LogP contribution in [0, 0.1) is 6.92 Å². The number of benzene rings is 2. The minimum atomic E-state index is 0.101. The SMILES string of the molecule is Cc1cc2c(cc1-c1ccnc3nc(-c4ccc(Cl)cc4)nn13)[C@H](C)CC(C)(C)N2. The molecule has 152 valence electrons. The number of anilines is 1. The van der Waals surface area contributed by atoms with E-state index in [0.29, 0.717) is 22.5 Å². The van der Waals surface area contributed by atoms with Gasteiger partial charge < -0.3 is 5.32 Å². The first-order valence-electron chi connectivity index (χ1n) is 10.2. The van der Waals surface area contributed by atoms with Crippen molar-refractivity contribution in [2.45, 2.75) is 45.6 Å². The molecule has 2 aromatic carbocycles. The zero-order chi connectivity index (χ0) is 21.0. The van der Waals surface area contributed by atoms with E-state index in [2.05, 4.69) is 55.1 Å². The topological polar surface area (TPSA) is 55.1 Å². The Labute approximate surface area is 181 Å². The summed E-state index contributed by atoms with van der Waals surface area (Å²) in [6.07, 6.45) is 2.90. The molecule has 1 aliphatic rings. The smallest absolute Gasteiger partial charge is 0.253 e. The molecule has 0 radical (unpaired) electrons. The van der Waals surface area contributed by atoms with Crippen LogP contribution in [0.3, 0.4) is 0 Å². The number of hydrogen-bond acceptors (Lipinski definition) is 4. The summed E-state index contributed by atoms with van der Waals surface area (Å²) in [7, 11) is 0. The molecule has 0 aliphatic carbocycles. The lowest BCUT2D eigenvalue weighted by Gasteiger charge is -2.38. The third kappa shape index (κ3) is 3.23. The van der Waals surface area contributed by atoms with Gasteiger partial charge in [0.2, 0.25) is 0 Å². The Bertz CT molecular complexity index is 1260. The molecule has 6 heteroatoms. The molecule has 30 heavy (non-hydrogen) atoms. The maximum Gasteiger partial charge on any atom is 0.253 e. The molecule has 3 heterocycles. The van der Waals surface area contributed by atoms with E-state index < -0.39 is 0 Å². The second-order valence-corrected chi connectivity index (χ2v) is 9.29. The van der Waals surface area contributed by atoms with E-state index in [-0.39, 0.29) is 5.54 Å². The molecule has 0 unspecified atom stereocenters. The lowest BCUT2D eigenvalue weighted by Crippen LogP contribution is -2.36. The molecule has 5 rings (SSSR count). The summed E-state index contributed by atoms with van der Waals surface area (Å²) in [4.78, 5) is 9.07. The van der Waals surface area contributed by atoms with Crippen molar-refractivity contribution in [3.63, 3.8) is 0 Å². The largest absolute Gasteiger partial charge is 0.380 e. The van der Waals surface area contributed by atoms with Crippen molar-refractivity contribution < 1.29 is 0 Å². The fourth-order valence-corrected chi connectivity index (χ4v) is 4.65. The summed E-state index contributed by atoms with van der Waals surface area (Å²) in [6.45, 7) is 8.97. The van der Waals surface area contributed by atoms with Gasteiger partial charge in [-0.25, -0.2) is 4.98 Å². The lowest BCUT2D eigenvalue weighted by atomic mass is 9.80. The Hall–Kier alpha value is -2.92. The minimum Gasteiger partial charge on any atom is -0.380 e. The van der Waals surface area contributed by atoms with Crippen molar-refractivity contribution in [1.82, 2.24) is 19.6 Å². The van der Waals surface area contributed by atoms with Crippen molar-refractivity contribution >= 4 is 23.1 Å². The van der Waals surface area contributed by atoms with Gasteiger partial charge in [0.1, 0.15) is 0 Å². The van der Waals surface area contributed by atoms with Gasteiger partial charge in [0.05, 0.1) is 5.69 Å². The third-order valence-corrected chi connectivity index (χ3v) is 6.09. The summed E-state index contributed by atoms with van der Waals surface area (Å²) < 4.78 is 1.84. The Morgan fingerprint density at radius 3 is 2.67 bits per heavy atom. The summed E-state index contributed by atoms with van der Waals surface area (Å²) in [5.74, 6) is 1.70. The molecule has 2 aromatic heterocycles. The summed E-state index contributed by atoms with van der Waals surface area (Å²) in [5.41, 5.74) is 6.93. The molecule has 0 saturated heterocycles. The monoisotopic (exact) mass is 417 g/mol. The molecular formula is C24H24ClN5. The van der Waals surface area contributed by atoms with Crippen LogP contribution in [0.4, 0.5) is 5.69 Å². The molecule has 4 aromatic rings. The van der Waals surface area contributed by atoms with Crippen LogP contribution < -0.4 is 5.32 Å². The first kappa shape index (κ1) is 19.1. The fraction of sp³-hybridized carbons (Fsp3) is 0.292. The van der Waals surface area contributed by atoms with Crippen LogP contribution in [-0.4, -0.2) is 25.1 Å². The van der Waals surface area contributed by atoms with Crippen LogP contribution >= 0.6 is 11.6 Å². The standard InChI is InChI=1S/C24H24ClN5/c1-14-11-20-18(15(2)13-24(3,4)28-20)12-19(14)21-9-10-26-23-27-22(29-30(21)23)16-5-7-17(25)8-6-16/h5-12,15,28H,13H2,1-4H3/t15-/m1/s1. The van der Waals surface area contributed by atoms with E-state index in [1.165, 1.54) is 16.8 Å². The van der Waals surface area contributed by atoms with E-state index in [9.17, 15) is 0 Å². The first-order chi connectivity index (χ1) is 14.3. The second-order valence-electron chi connectivity index (χ2n) is 8.85. The highest BCUT2D eigenvalue weighted by atomic mass is 35.5. The molecule has 0 amide bonds. The average molecular weight is 418 g/mol. The van der Waals surface area contributed by atoms with Gasteiger partial charge in [0.15, 0.2) is 5.82 Å². The van der Waals surface area contributed by atoms with Crippen LogP contribution in [0.1, 0.15) is 44.2 Å². The van der Waals surface area contributed by atoms with Gasteiger partial charge in [-0.2, -0.15) is 9.50 Å². The van der Waals surface area contributed by atoms with Gasteiger partial charge >= 0.3 is 0 Å². The Morgan fingerprint density at radius 1 is 1.13 bits per heavy atom. The van der Waals surface area contributed by atoms with Crippen LogP contribution in [0.2, 0.25) is 5.02 Å². The summed E-state index contributed by atoms with van der Waals surface area (Å²) >= 11 is 6.02. The number of fused-ring (bicyclic) bond motifs is 2. The van der Waals surface area contributed by atoms with Gasteiger partial charge in [-0.15, -0.1) is 5.10 Å². The maximum atomic E-state index is 6.02. The molecule has 1 aliphatic heterocycles. The number of aryl methyl sites for hydroxylation is 1. The number of halogens is 1. The van der Waals surface area contributed by atoms with Crippen molar-refractivity contribution in [3.8, 4) is 22.6 Å². The third-order valence-electron chi connectivity index (χ3n) is 5.84. The van der Waals surface area contributed by atoms with Crippen molar-refractivity contribution in [2.75, 3.05) is 5.32 Å². The van der Waals surface area contributed by atoms with Crippen molar-refractivity contribution in [3.05, 3.63) is 64.8 Å². The van der Waals surface area contributed by atoms with Crippen LogP contribution in [0.25, 0.3) is 28.4 Å². The Morgan fingerprint density at radius 2 is 1.90 bits per heavy atom. The predicted octanol–water partition coefficient (Wildman–Crippen LogP) is 6.12. The number of rotatable bonds is 2. The highest BCUT2D eigenvalue weighted by Gasteiger charge is 2.30. The summed E-state index contributed by atoms with van der Waals surface area (Å²) in [5, 5.41) is 9.16.